The Balaban J connectivity index is 1.42. The average molecular weight is 377 g/mol. The maximum atomic E-state index is 14.0. The highest BCUT2D eigenvalue weighted by Crippen LogP contribution is 2.61. The lowest BCUT2D eigenvalue weighted by Crippen LogP contribution is -2.50. The number of nitrogens with zero attached hydrogens (tertiary/aromatic N) is 2. The quantitative estimate of drug-likeness (QED) is 0.736. The van der Waals surface area contributed by atoms with E-state index in [1.54, 1.807) is 0 Å². The summed E-state index contributed by atoms with van der Waals surface area (Å²) in [6.07, 6.45) is 11.3. The molecule has 4 saturated carbocycles. The summed E-state index contributed by atoms with van der Waals surface area (Å²) in [5, 5.41) is 0. The molecular weight excluding hydrogens is 348 g/mol. The molecule has 4 heteroatoms. The maximum absolute atomic E-state index is 14.0. The highest BCUT2D eigenvalue weighted by Gasteiger charge is 2.55. The van der Waals surface area contributed by atoms with Gasteiger partial charge in [0.15, 0.2) is 5.78 Å². The number of carbonyl (C=O) groups is 2. The zero-order chi connectivity index (χ0) is 18.9. The summed E-state index contributed by atoms with van der Waals surface area (Å²) in [4.78, 5) is 28.9. The number of fused-ring (bicyclic) bond motifs is 1. The molecular formula is C24H28N2O2. The first-order valence-electron chi connectivity index (χ1n) is 11.1. The molecule has 146 valence electrons. The minimum atomic E-state index is -0.179. The van der Waals surface area contributed by atoms with E-state index in [0.29, 0.717) is 11.3 Å². The minimum absolute atomic E-state index is 0.0840. The normalized spacial score (nSPS) is 33.7. The number of hydrogen-bond acceptors (Lipinski definition) is 2. The molecule has 7 rings (SSSR count). The topological polar surface area (TPSA) is 41.8 Å². The van der Waals surface area contributed by atoms with Crippen LogP contribution in [0.3, 0.4) is 0 Å². The Hall–Kier alpha value is -2.10. The van der Waals surface area contributed by atoms with Crippen LogP contribution in [0, 0.1) is 23.2 Å². The van der Waals surface area contributed by atoms with E-state index in [1.807, 2.05) is 39.8 Å². The van der Waals surface area contributed by atoms with Gasteiger partial charge in [0.25, 0.3) is 5.91 Å². The van der Waals surface area contributed by atoms with Crippen molar-refractivity contribution in [3.63, 3.8) is 0 Å². The second-order valence-corrected chi connectivity index (χ2v) is 9.96. The highest BCUT2D eigenvalue weighted by atomic mass is 16.2. The van der Waals surface area contributed by atoms with Gasteiger partial charge in [0.05, 0.1) is 5.69 Å². The molecule has 2 aromatic rings. The summed E-state index contributed by atoms with van der Waals surface area (Å²) in [6, 6.07) is 7.85. The van der Waals surface area contributed by atoms with Crippen LogP contribution in [-0.2, 0) is 0 Å². The second kappa shape index (κ2) is 5.95. The van der Waals surface area contributed by atoms with Crippen molar-refractivity contribution >= 4 is 17.2 Å². The van der Waals surface area contributed by atoms with Gasteiger partial charge in [0.2, 0.25) is 0 Å². The van der Waals surface area contributed by atoms with E-state index in [0.717, 1.165) is 74.2 Å². The van der Waals surface area contributed by atoms with Gasteiger partial charge in [-0.3, -0.25) is 9.59 Å². The van der Waals surface area contributed by atoms with E-state index >= 15 is 0 Å². The molecule has 0 aromatic carbocycles. The number of ketones is 1. The van der Waals surface area contributed by atoms with Crippen molar-refractivity contribution in [3.05, 3.63) is 41.7 Å². The number of hydrogen-bond donors (Lipinski definition) is 0. The van der Waals surface area contributed by atoms with Crippen molar-refractivity contribution in [2.24, 2.45) is 23.2 Å². The van der Waals surface area contributed by atoms with Gasteiger partial charge in [-0.15, -0.1) is 0 Å². The third-order valence-electron chi connectivity index (χ3n) is 8.03. The number of rotatable bonds is 3. The van der Waals surface area contributed by atoms with Crippen molar-refractivity contribution in [3.8, 4) is 0 Å². The van der Waals surface area contributed by atoms with Crippen molar-refractivity contribution in [2.75, 3.05) is 13.1 Å². The summed E-state index contributed by atoms with van der Waals surface area (Å²) < 4.78 is 2.02. The molecule has 0 spiro atoms. The molecule has 0 N–H and O–H groups in total. The van der Waals surface area contributed by atoms with E-state index in [9.17, 15) is 9.59 Å². The first kappa shape index (κ1) is 16.8. The van der Waals surface area contributed by atoms with E-state index in [4.69, 9.17) is 0 Å². The van der Waals surface area contributed by atoms with Crippen LogP contribution in [0.4, 0.5) is 0 Å². The largest absolute Gasteiger partial charge is 0.339 e. The van der Waals surface area contributed by atoms with Gasteiger partial charge in [-0.05, 0) is 93.4 Å². The summed E-state index contributed by atoms with van der Waals surface area (Å²) >= 11 is 0. The zero-order valence-electron chi connectivity index (χ0n) is 16.4. The fraction of sp³-hybridized carbons (Fsp3) is 0.583. The Bertz CT molecular complexity index is 931. The fourth-order valence-electron chi connectivity index (χ4n) is 7.21. The molecule has 1 amide bonds. The molecule has 1 saturated heterocycles. The Morgan fingerprint density at radius 3 is 2.21 bits per heavy atom. The van der Waals surface area contributed by atoms with E-state index in [-0.39, 0.29) is 11.3 Å². The van der Waals surface area contributed by atoms with E-state index in [2.05, 4.69) is 0 Å². The monoisotopic (exact) mass is 376 g/mol. The number of amides is 1. The third-order valence-corrected chi connectivity index (χ3v) is 8.03. The van der Waals surface area contributed by atoms with E-state index in [1.165, 1.54) is 19.3 Å². The molecule has 2 aromatic heterocycles. The van der Waals surface area contributed by atoms with Gasteiger partial charge >= 0.3 is 0 Å². The predicted molar refractivity (Wildman–Crippen MR) is 107 cm³/mol. The Morgan fingerprint density at radius 2 is 1.57 bits per heavy atom. The van der Waals surface area contributed by atoms with Crippen LogP contribution in [0.15, 0.2) is 30.5 Å². The standard InChI is InChI=1S/C24H28N2O2/c27-22(24-13-16-8-17(14-24)10-18(9-16)15-24)21-12-19(11-20-4-3-7-26(20)21)23(28)25-5-1-2-6-25/h3-4,7,11-12,16-18H,1-2,5-6,8-10,13-15H2. The van der Waals surface area contributed by atoms with Gasteiger partial charge in [0.1, 0.15) is 0 Å². The second-order valence-electron chi connectivity index (χ2n) is 9.96. The first-order chi connectivity index (χ1) is 13.6. The van der Waals surface area contributed by atoms with Crippen molar-refractivity contribution in [1.82, 2.24) is 9.30 Å². The van der Waals surface area contributed by atoms with Crippen LogP contribution in [-0.4, -0.2) is 34.1 Å². The minimum Gasteiger partial charge on any atom is -0.339 e. The maximum Gasteiger partial charge on any atom is 0.254 e. The summed E-state index contributed by atoms with van der Waals surface area (Å²) in [5.41, 5.74) is 2.19. The van der Waals surface area contributed by atoms with Gasteiger partial charge in [-0.1, -0.05) is 0 Å². The number of carbonyl (C=O) groups excluding carboxylic acids is 2. The van der Waals surface area contributed by atoms with Crippen molar-refractivity contribution < 1.29 is 9.59 Å². The highest BCUT2D eigenvalue weighted by molar-refractivity contribution is 6.03. The number of likely N-dealkylation sites (tertiary alicyclic amines) is 1. The van der Waals surface area contributed by atoms with Gasteiger partial charge in [-0.2, -0.15) is 0 Å². The summed E-state index contributed by atoms with van der Waals surface area (Å²) in [7, 11) is 0. The van der Waals surface area contributed by atoms with Crippen molar-refractivity contribution in [2.45, 2.75) is 51.4 Å². The smallest absolute Gasteiger partial charge is 0.254 e. The van der Waals surface area contributed by atoms with Crippen LogP contribution in [0.5, 0.6) is 0 Å². The average Bonchev–Trinajstić information content (AvgIpc) is 3.36. The molecule has 4 bridgehead atoms. The number of aromatic nitrogens is 1. The fourth-order valence-corrected chi connectivity index (χ4v) is 7.21. The lowest BCUT2D eigenvalue weighted by Gasteiger charge is -2.55. The molecule has 3 heterocycles. The lowest BCUT2D eigenvalue weighted by atomic mass is 9.48. The molecule has 4 aliphatic carbocycles. The SMILES string of the molecule is O=C(c1cc(C(=O)C23CC4CC(CC(C4)C2)C3)n2cccc2c1)N1CCCC1. The van der Waals surface area contributed by atoms with Crippen LogP contribution in [0.1, 0.15) is 72.2 Å². The van der Waals surface area contributed by atoms with Crippen LogP contribution in [0.25, 0.3) is 5.52 Å². The molecule has 28 heavy (non-hydrogen) atoms. The molecule has 5 aliphatic rings. The predicted octanol–water partition coefficient (Wildman–Crippen LogP) is 4.57. The molecule has 0 unspecified atom stereocenters. The Labute approximate surface area is 165 Å². The number of pyridine rings is 1. The van der Waals surface area contributed by atoms with Gasteiger partial charge in [0, 0.05) is 35.8 Å². The van der Waals surface area contributed by atoms with E-state index < -0.39 is 0 Å². The summed E-state index contributed by atoms with van der Waals surface area (Å²) in [5.74, 6) is 2.60. The van der Waals surface area contributed by atoms with Gasteiger partial charge < -0.3 is 9.30 Å². The first-order valence-corrected chi connectivity index (χ1v) is 11.1. The lowest BCUT2D eigenvalue weighted by molar-refractivity contribution is -0.0356. The molecule has 4 nitrogen and oxygen atoms in total. The van der Waals surface area contributed by atoms with Crippen molar-refractivity contribution in [1.29, 1.82) is 0 Å². The third kappa shape index (κ3) is 2.42. The summed E-state index contributed by atoms with van der Waals surface area (Å²) in [6.45, 7) is 1.67. The Kier molecular flexibility index (Phi) is 3.57. The van der Waals surface area contributed by atoms with Gasteiger partial charge in [-0.25, -0.2) is 0 Å². The zero-order valence-corrected chi connectivity index (χ0v) is 16.4. The van der Waals surface area contributed by atoms with Crippen LogP contribution in [0.2, 0.25) is 0 Å². The molecule has 5 fully saturated rings. The van der Waals surface area contributed by atoms with Crippen LogP contribution < -0.4 is 0 Å². The Morgan fingerprint density at radius 1 is 0.929 bits per heavy atom. The van der Waals surface area contributed by atoms with Crippen LogP contribution >= 0.6 is 0 Å². The number of Topliss-reactive ketones (excluding diaryl/α,β-unsaturated/α-hetero) is 1. The molecule has 1 aliphatic heterocycles. The molecule has 0 atom stereocenters. The molecule has 0 radical (unpaired) electrons.